The quantitative estimate of drug-likeness (QED) is 0.521. The molecule has 0 fully saturated rings. The Morgan fingerprint density at radius 1 is 1.36 bits per heavy atom. The van der Waals surface area contributed by atoms with Crippen molar-refractivity contribution in [2.45, 2.75) is 39.0 Å². The number of aromatic nitrogens is 2. The lowest BCUT2D eigenvalue weighted by Crippen LogP contribution is -2.23. The minimum absolute atomic E-state index is 0.00398. The smallest absolute Gasteiger partial charge is 0.281 e. The van der Waals surface area contributed by atoms with Crippen molar-refractivity contribution in [3.63, 3.8) is 0 Å². The second-order valence-electron chi connectivity index (χ2n) is 5.29. The first-order valence-corrected chi connectivity index (χ1v) is 8.55. The number of hydrogen-bond donors (Lipinski definition) is 0. The molecule has 1 heterocycles. The maximum atomic E-state index is 11.4. The van der Waals surface area contributed by atoms with Crippen LogP contribution in [0.25, 0.3) is 6.08 Å². The number of nitrogens with zero attached hydrogens (tertiary/aromatic N) is 2. The average molecular weight is 363 g/mol. The van der Waals surface area contributed by atoms with Crippen LogP contribution in [0.5, 0.6) is 11.5 Å². The highest BCUT2D eigenvalue weighted by atomic mass is 32.2. The highest BCUT2D eigenvalue weighted by Crippen LogP contribution is 2.32. The molecule has 0 aliphatic carbocycles. The lowest BCUT2D eigenvalue weighted by atomic mass is 10.2. The normalized spacial score (nSPS) is 11.6. The zero-order chi connectivity index (χ0) is 18.4. The van der Waals surface area contributed by atoms with E-state index in [1.165, 1.54) is 6.08 Å². The van der Waals surface area contributed by atoms with E-state index in [0.717, 1.165) is 11.8 Å². The summed E-state index contributed by atoms with van der Waals surface area (Å²) in [4.78, 5) is 11.3. The van der Waals surface area contributed by atoms with E-state index in [1.54, 1.807) is 25.1 Å². The summed E-state index contributed by atoms with van der Waals surface area (Å²) in [5, 5.41) is 19.0. The van der Waals surface area contributed by atoms with Gasteiger partial charge >= 0.3 is 0 Å². The Morgan fingerprint density at radius 2 is 2.12 bits per heavy atom. The van der Waals surface area contributed by atoms with Crippen molar-refractivity contribution in [1.82, 2.24) is 10.2 Å². The zero-order valence-electron chi connectivity index (χ0n) is 14.4. The first kappa shape index (κ1) is 18.9. The Bertz CT molecular complexity index is 770. The van der Waals surface area contributed by atoms with Gasteiger partial charge in [0.15, 0.2) is 11.5 Å². The predicted octanol–water partition coefficient (Wildman–Crippen LogP) is 2.45. The van der Waals surface area contributed by atoms with Crippen LogP contribution in [0.3, 0.4) is 0 Å². The van der Waals surface area contributed by atoms with E-state index in [-0.39, 0.29) is 16.2 Å². The molecule has 0 unspecified atom stereocenters. The maximum Gasteiger partial charge on any atom is 0.281 e. The van der Waals surface area contributed by atoms with Crippen LogP contribution >= 0.6 is 11.8 Å². The van der Waals surface area contributed by atoms with E-state index in [4.69, 9.17) is 13.9 Å². The summed E-state index contributed by atoms with van der Waals surface area (Å²) in [6, 6.07) is 5.19. The third kappa shape index (κ3) is 5.53. The van der Waals surface area contributed by atoms with Gasteiger partial charge in [-0.25, -0.2) is 0 Å². The molecule has 0 spiro atoms. The summed E-state index contributed by atoms with van der Waals surface area (Å²) in [6.45, 7) is 7.79. The van der Waals surface area contributed by atoms with Gasteiger partial charge in [-0.15, -0.1) is 10.2 Å². The molecule has 0 saturated heterocycles. The van der Waals surface area contributed by atoms with Crippen molar-refractivity contribution < 1.29 is 23.8 Å². The van der Waals surface area contributed by atoms with Gasteiger partial charge in [0.25, 0.3) is 5.22 Å². The number of carbonyl (C=O) groups excluding carboxylic acids is 1. The molecule has 0 amide bonds. The summed E-state index contributed by atoms with van der Waals surface area (Å²) >= 11 is 0.833. The van der Waals surface area contributed by atoms with Crippen LogP contribution in [0.4, 0.5) is 0 Å². The van der Waals surface area contributed by atoms with Gasteiger partial charge in [-0.05, 0) is 56.3 Å². The number of thioether (sulfide) groups is 1. The van der Waals surface area contributed by atoms with Crippen LogP contribution in [0, 0.1) is 6.92 Å². The van der Waals surface area contributed by atoms with E-state index < -0.39 is 5.97 Å². The topological polar surface area (TPSA) is 97.5 Å². The predicted molar refractivity (Wildman–Crippen MR) is 91.3 cm³/mol. The van der Waals surface area contributed by atoms with Gasteiger partial charge in [0.05, 0.1) is 18.7 Å². The number of benzene rings is 1. The molecule has 2 aromatic rings. The van der Waals surface area contributed by atoms with Crippen LogP contribution in [0.1, 0.15) is 32.2 Å². The molecule has 7 nitrogen and oxygen atoms in total. The fourth-order valence-corrected chi connectivity index (χ4v) is 2.64. The molecule has 0 aliphatic heterocycles. The van der Waals surface area contributed by atoms with Gasteiger partial charge in [0.2, 0.25) is 5.89 Å². The summed E-state index contributed by atoms with van der Waals surface area (Å²) in [5.74, 6) is 0.167. The third-order valence-corrected chi connectivity index (χ3v) is 3.68. The number of aliphatic carboxylic acids is 1. The fourth-order valence-electron chi connectivity index (χ4n) is 1.93. The minimum atomic E-state index is -1.33. The SMILES string of the molecule is CCOc1cc(/C=C(/Sc2nnc(C)o2)C(=O)[O-])ccc1OC(C)C. The van der Waals surface area contributed by atoms with Crippen LogP contribution in [0.2, 0.25) is 0 Å². The summed E-state index contributed by atoms with van der Waals surface area (Å²) < 4.78 is 16.5. The van der Waals surface area contributed by atoms with Crippen LogP contribution < -0.4 is 14.6 Å². The lowest BCUT2D eigenvalue weighted by Gasteiger charge is -2.15. The number of rotatable bonds is 8. The number of ether oxygens (including phenoxy) is 2. The molecular weight excluding hydrogens is 344 g/mol. The fraction of sp³-hybridized carbons (Fsp3) is 0.353. The monoisotopic (exact) mass is 363 g/mol. The van der Waals surface area contributed by atoms with Crippen molar-refractivity contribution in [2.75, 3.05) is 6.61 Å². The van der Waals surface area contributed by atoms with Gasteiger partial charge in [0.1, 0.15) is 0 Å². The molecule has 0 radical (unpaired) electrons. The van der Waals surface area contributed by atoms with Crippen LogP contribution in [0.15, 0.2) is 32.7 Å². The van der Waals surface area contributed by atoms with Gasteiger partial charge in [-0.2, -0.15) is 0 Å². The van der Waals surface area contributed by atoms with E-state index in [9.17, 15) is 9.90 Å². The van der Waals surface area contributed by atoms with E-state index in [2.05, 4.69) is 10.2 Å². The molecule has 1 aromatic carbocycles. The first-order valence-electron chi connectivity index (χ1n) is 7.73. The Morgan fingerprint density at radius 3 is 2.68 bits per heavy atom. The lowest BCUT2D eigenvalue weighted by molar-refractivity contribution is -0.298. The molecule has 0 N–H and O–H groups in total. The highest BCUT2D eigenvalue weighted by molar-refractivity contribution is 8.03. The minimum Gasteiger partial charge on any atom is -0.544 e. The Kier molecular flexibility index (Phi) is 6.46. The van der Waals surface area contributed by atoms with E-state index >= 15 is 0 Å². The molecule has 1 aromatic heterocycles. The molecule has 8 heteroatoms. The molecule has 0 saturated carbocycles. The molecule has 2 rings (SSSR count). The number of hydrogen-bond acceptors (Lipinski definition) is 8. The zero-order valence-corrected chi connectivity index (χ0v) is 15.3. The largest absolute Gasteiger partial charge is 0.544 e. The standard InChI is InChI=1S/C17H20N2O5S/c1-5-22-14-8-12(6-7-13(14)23-10(2)3)9-15(16(20)21)25-17-19-18-11(4)24-17/h6-10H,5H2,1-4H3,(H,20,21)/p-1/b15-9+. The molecular formula is C17H19N2O5S-. The molecule has 25 heavy (non-hydrogen) atoms. The number of carboxylic acid groups (broad SMARTS) is 1. The average Bonchev–Trinajstić information content (AvgIpc) is 2.94. The summed E-state index contributed by atoms with van der Waals surface area (Å²) in [7, 11) is 0. The van der Waals surface area contributed by atoms with Crippen LogP contribution in [-0.2, 0) is 4.79 Å². The van der Waals surface area contributed by atoms with Crippen molar-refractivity contribution in [3.05, 3.63) is 34.6 Å². The highest BCUT2D eigenvalue weighted by Gasteiger charge is 2.11. The van der Waals surface area contributed by atoms with E-state index in [1.807, 2.05) is 20.8 Å². The Hall–Kier alpha value is -2.48. The van der Waals surface area contributed by atoms with Gasteiger partial charge in [0, 0.05) is 11.8 Å². The van der Waals surface area contributed by atoms with Gasteiger partial charge in [-0.1, -0.05) is 6.07 Å². The van der Waals surface area contributed by atoms with Crippen LogP contribution in [-0.4, -0.2) is 28.9 Å². The van der Waals surface area contributed by atoms with Gasteiger partial charge in [-0.3, -0.25) is 0 Å². The van der Waals surface area contributed by atoms with Crippen molar-refractivity contribution in [2.24, 2.45) is 0 Å². The molecule has 0 atom stereocenters. The third-order valence-electron chi connectivity index (χ3n) is 2.83. The molecule has 134 valence electrons. The maximum absolute atomic E-state index is 11.4. The van der Waals surface area contributed by atoms with E-state index in [0.29, 0.717) is 29.6 Å². The molecule has 0 bridgehead atoms. The Labute approximate surface area is 150 Å². The van der Waals surface area contributed by atoms with Crippen molar-refractivity contribution in [3.8, 4) is 11.5 Å². The van der Waals surface area contributed by atoms with Crippen molar-refractivity contribution >= 4 is 23.8 Å². The second kappa shape index (κ2) is 8.57. The molecule has 0 aliphatic rings. The number of carboxylic acids is 1. The van der Waals surface area contributed by atoms with Gasteiger partial charge < -0.3 is 23.8 Å². The first-order chi connectivity index (χ1) is 11.9. The second-order valence-corrected chi connectivity index (χ2v) is 6.28. The Balaban J connectivity index is 2.31. The van der Waals surface area contributed by atoms with Crippen molar-refractivity contribution in [1.29, 1.82) is 0 Å². The summed E-state index contributed by atoms with van der Waals surface area (Å²) in [6.07, 6.45) is 1.46. The number of aryl methyl sites for hydroxylation is 1. The summed E-state index contributed by atoms with van der Waals surface area (Å²) in [5.41, 5.74) is 0.627. The number of carbonyl (C=O) groups is 1.